The Morgan fingerprint density at radius 1 is 0.960 bits per heavy atom. The summed E-state index contributed by atoms with van der Waals surface area (Å²) in [6.07, 6.45) is 7.72. The average Bonchev–Trinajstić information content (AvgIpc) is 2.59. The van der Waals surface area contributed by atoms with Crippen molar-refractivity contribution in [2.45, 2.75) is 50.8 Å². The lowest BCUT2D eigenvalue weighted by atomic mass is 9.85. The maximum Gasteiger partial charge on any atom is 0.261 e. The van der Waals surface area contributed by atoms with Gasteiger partial charge in [-0.3, -0.25) is 4.72 Å². The van der Waals surface area contributed by atoms with Crippen LogP contribution in [0.3, 0.4) is 0 Å². The minimum absolute atomic E-state index is 0.268. The van der Waals surface area contributed by atoms with Gasteiger partial charge in [0.2, 0.25) is 0 Å². The van der Waals surface area contributed by atoms with Crippen LogP contribution < -0.4 is 4.72 Å². The highest BCUT2D eigenvalue weighted by Gasteiger charge is 2.23. The van der Waals surface area contributed by atoms with E-state index in [9.17, 15) is 8.42 Å². The number of hydrogen-bond donors (Lipinski definition) is 1. The molecule has 2 aromatic carbocycles. The quantitative estimate of drug-likeness (QED) is 0.763. The Balaban J connectivity index is 2.04. The monoisotopic (exact) mass is 355 g/mol. The molecule has 0 spiro atoms. The highest BCUT2D eigenvalue weighted by Crippen LogP contribution is 2.37. The molecule has 3 nitrogen and oxygen atoms in total. The fourth-order valence-electron chi connectivity index (χ4n) is 3.41. The first-order chi connectivity index (χ1) is 11.9. The Morgan fingerprint density at radius 2 is 1.64 bits per heavy atom. The van der Waals surface area contributed by atoms with Crippen LogP contribution in [0.15, 0.2) is 53.4 Å². The maximum absolute atomic E-state index is 12.9. The molecule has 0 fully saturated rings. The van der Waals surface area contributed by atoms with E-state index in [0.29, 0.717) is 4.90 Å². The molecule has 0 bridgehead atoms. The summed E-state index contributed by atoms with van der Waals surface area (Å²) in [6, 6.07) is 11.0. The zero-order chi connectivity index (χ0) is 18.0. The van der Waals surface area contributed by atoms with Crippen molar-refractivity contribution in [3.05, 3.63) is 70.8 Å². The van der Waals surface area contributed by atoms with Crippen molar-refractivity contribution in [2.24, 2.45) is 0 Å². The van der Waals surface area contributed by atoms with Crippen molar-refractivity contribution in [1.82, 2.24) is 0 Å². The summed E-state index contributed by atoms with van der Waals surface area (Å²) in [7, 11) is -3.60. The molecule has 4 heteroatoms. The normalized spacial score (nSPS) is 17.5. The third kappa shape index (κ3) is 3.79. The molecule has 132 valence electrons. The minimum Gasteiger partial charge on any atom is -0.279 e. The number of anilines is 1. The van der Waals surface area contributed by atoms with Gasteiger partial charge in [0.25, 0.3) is 10.0 Å². The second kappa shape index (κ2) is 7.04. The Bertz CT molecular complexity index is 896. The summed E-state index contributed by atoms with van der Waals surface area (Å²) in [4.78, 5) is 0.296. The minimum atomic E-state index is -3.60. The molecule has 25 heavy (non-hydrogen) atoms. The molecule has 0 aromatic heterocycles. The predicted molar refractivity (Wildman–Crippen MR) is 104 cm³/mol. The lowest BCUT2D eigenvalue weighted by molar-refractivity contribution is 0.600. The molecule has 0 saturated heterocycles. The molecule has 1 unspecified atom stereocenters. The summed E-state index contributed by atoms with van der Waals surface area (Å²) in [6.45, 7) is 5.96. The van der Waals surface area contributed by atoms with Crippen molar-refractivity contribution in [3.8, 4) is 0 Å². The number of sulfonamides is 1. The maximum atomic E-state index is 12.9. The van der Waals surface area contributed by atoms with E-state index in [0.717, 1.165) is 47.2 Å². The van der Waals surface area contributed by atoms with Crippen LogP contribution in [0.2, 0.25) is 0 Å². The van der Waals surface area contributed by atoms with Gasteiger partial charge in [0.05, 0.1) is 10.6 Å². The van der Waals surface area contributed by atoms with Crippen LogP contribution >= 0.6 is 0 Å². The molecule has 0 radical (unpaired) electrons. The Kier molecular flexibility index (Phi) is 5.00. The van der Waals surface area contributed by atoms with Gasteiger partial charge in [0, 0.05) is 5.92 Å². The van der Waals surface area contributed by atoms with Gasteiger partial charge in [0.1, 0.15) is 0 Å². The number of aryl methyl sites for hydroxylation is 3. The number of nitrogens with one attached hydrogen (secondary N) is 1. The third-order valence-electron chi connectivity index (χ3n) is 4.86. The Labute approximate surface area is 150 Å². The first-order valence-corrected chi connectivity index (χ1v) is 10.2. The molecule has 0 amide bonds. The SMILES string of the molecule is Cc1ccc(S(=O)(=O)Nc2c(C)ccc(C)c2C2C=CCCC2)cc1. The van der Waals surface area contributed by atoms with E-state index in [4.69, 9.17) is 0 Å². The molecule has 1 aliphatic carbocycles. The number of hydrogen-bond acceptors (Lipinski definition) is 2. The van der Waals surface area contributed by atoms with Crippen LogP contribution in [0.25, 0.3) is 0 Å². The second-order valence-corrected chi connectivity index (χ2v) is 8.55. The van der Waals surface area contributed by atoms with Crippen molar-refractivity contribution >= 4 is 15.7 Å². The van der Waals surface area contributed by atoms with Gasteiger partial charge < -0.3 is 0 Å². The molecule has 0 aliphatic heterocycles. The Morgan fingerprint density at radius 3 is 2.28 bits per heavy atom. The van der Waals surface area contributed by atoms with E-state index < -0.39 is 10.0 Å². The van der Waals surface area contributed by atoms with Crippen molar-refractivity contribution in [2.75, 3.05) is 4.72 Å². The summed E-state index contributed by atoms with van der Waals surface area (Å²) in [5, 5.41) is 0. The van der Waals surface area contributed by atoms with Crippen LogP contribution in [-0.2, 0) is 10.0 Å². The lowest BCUT2D eigenvalue weighted by Gasteiger charge is -2.24. The zero-order valence-electron chi connectivity index (χ0n) is 15.0. The van der Waals surface area contributed by atoms with Crippen LogP contribution in [0, 0.1) is 20.8 Å². The second-order valence-electron chi connectivity index (χ2n) is 6.87. The van der Waals surface area contributed by atoms with Gasteiger partial charge in [-0.05, 0) is 68.9 Å². The fraction of sp³-hybridized carbons (Fsp3) is 0.333. The largest absolute Gasteiger partial charge is 0.279 e. The number of benzene rings is 2. The molecular formula is C21H25NO2S. The first kappa shape index (κ1) is 17.7. The number of rotatable bonds is 4. The van der Waals surface area contributed by atoms with E-state index >= 15 is 0 Å². The van der Waals surface area contributed by atoms with Crippen molar-refractivity contribution in [1.29, 1.82) is 0 Å². The predicted octanol–water partition coefficient (Wildman–Crippen LogP) is 5.24. The van der Waals surface area contributed by atoms with Gasteiger partial charge in [-0.1, -0.05) is 42.0 Å². The van der Waals surface area contributed by atoms with Crippen molar-refractivity contribution in [3.63, 3.8) is 0 Å². The van der Waals surface area contributed by atoms with E-state index in [1.165, 1.54) is 0 Å². The molecule has 1 N–H and O–H groups in total. The van der Waals surface area contributed by atoms with Crippen LogP contribution in [0.4, 0.5) is 5.69 Å². The smallest absolute Gasteiger partial charge is 0.261 e. The summed E-state index contributed by atoms with van der Waals surface area (Å²) in [5.74, 6) is 0.268. The molecule has 2 aromatic rings. The molecule has 1 aliphatic rings. The third-order valence-corrected chi connectivity index (χ3v) is 6.23. The topological polar surface area (TPSA) is 46.2 Å². The van der Waals surface area contributed by atoms with E-state index in [1.807, 2.05) is 32.0 Å². The summed E-state index contributed by atoms with van der Waals surface area (Å²) in [5.41, 5.74) is 4.96. The van der Waals surface area contributed by atoms with Crippen LogP contribution in [-0.4, -0.2) is 8.42 Å². The summed E-state index contributed by atoms with van der Waals surface area (Å²) < 4.78 is 28.6. The van der Waals surface area contributed by atoms with Crippen LogP contribution in [0.5, 0.6) is 0 Å². The lowest BCUT2D eigenvalue weighted by Crippen LogP contribution is -2.17. The van der Waals surface area contributed by atoms with Gasteiger partial charge >= 0.3 is 0 Å². The van der Waals surface area contributed by atoms with Crippen LogP contribution in [0.1, 0.15) is 47.4 Å². The summed E-state index contributed by atoms with van der Waals surface area (Å²) >= 11 is 0. The van der Waals surface area contributed by atoms with Gasteiger partial charge in [-0.15, -0.1) is 0 Å². The highest BCUT2D eigenvalue weighted by atomic mass is 32.2. The average molecular weight is 356 g/mol. The molecular weight excluding hydrogens is 330 g/mol. The highest BCUT2D eigenvalue weighted by molar-refractivity contribution is 7.92. The fourth-order valence-corrected chi connectivity index (χ4v) is 4.56. The van der Waals surface area contributed by atoms with Crippen molar-refractivity contribution < 1.29 is 8.42 Å². The zero-order valence-corrected chi connectivity index (χ0v) is 15.9. The first-order valence-electron chi connectivity index (χ1n) is 8.75. The Hall–Kier alpha value is -2.07. The van der Waals surface area contributed by atoms with E-state index in [-0.39, 0.29) is 5.92 Å². The molecule has 0 heterocycles. The van der Waals surface area contributed by atoms with Gasteiger partial charge in [0.15, 0.2) is 0 Å². The molecule has 0 saturated carbocycles. The molecule has 1 atom stereocenters. The van der Waals surface area contributed by atoms with Gasteiger partial charge in [-0.2, -0.15) is 0 Å². The standard InChI is InChI=1S/C21H25NO2S/c1-15-9-13-19(14-10-15)25(23,24)22-21-17(3)12-11-16(2)20(21)18-7-5-4-6-8-18/h5,7,9-14,18,22H,4,6,8H2,1-3H3. The molecule has 3 rings (SSSR count). The van der Waals surface area contributed by atoms with E-state index in [2.05, 4.69) is 29.9 Å². The number of allylic oxidation sites excluding steroid dienone is 2. The van der Waals surface area contributed by atoms with Gasteiger partial charge in [-0.25, -0.2) is 8.42 Å². The van der Waals surface area contributed by atoms with E-state index in [1.54, 1.807) is 12.1 Å².